The molecule has 0 atom stereocenters. The molecule has 0 aliphatic rings. The lowest BCUT2D eigenvalue weighted by Crippen LogP contribution is -1.69. The molecule has 1 aromatic carbocycles. The second kappa shape index (κ2) is 15.1. The highest BCUT2D eigenvalue weighted by atomic mass is 16.1. The monoisotopic (exact) mass is 206 g/mol. The van der Waals surface area contributed by atoms with Crippen molar-refractivity contribution in [1.29, 1.82) is 0 Å². The van der Waals surface area contributed by atoms with Crippen molar-refractivity contribution in [2.75, 3.05) is 0 Å². The summed E-state index contributed by atoms with van der Waals surface area (Å²) < 4.78 is 0. The van der Waals surface area contributed by atoms with Gasteiger partial charge < -0.3 is 4.79 Å². The smallest absolute Gasteiger partial charge is 0.123 e. The third kappa shape index (κ3) is 10.6. The Hall–Kier alpha value is -1.37. The van der Waals surface area contributed by atoms with E-state index in [9.17, 15) is 4.79 Å². The first-order valence-corrected chi connectivity index (χ1v) is 5.58. The Morgan fingerprint density at radius 1 is 1.00 bits per heavy atom. The lowest BCUT2D eigenvalue weighted by molar-refractivity contribution is -0.107. The molecule has 0 aromatic heterocycles. The number of hydrogen-bond acceptors (Lipinski definition) is 1. The Kier molecular flexibility index (Phi) is 16.2. The molecule has 1 heteroatoms. The van der Waals surface area contributed by atoms with Crippen LogP contribution in [0.3, 0.4) is 0 Å². The summed E-state index contributed by atoms with van der Waals surface area (Å²) in [6.07, 6.45) is 5.17. The number of aldehydes is 1. The van der Waals surface area contributed by atoms with E-state index >= 15 is 0 Å². The molecule has 0 N–H and O–H groups in total. The molecular formula is C14H22O. The molecule has 0 saturated heterocycles. The predicted molar refractivity (Wildman–Crippen MR) is 68.9 cm³/mol. The van der Waals surface area contributed by atoms with Crippen LogP contribution >= 0.6 is 0 Å². The average Bonchev–Trinajstić information content (AvgIpc) is 2.36. The average molecular weight is 206 g/mol. The van der Waals surface area contributed by atoms with E-state index in [-0.39, 0.29) is 0 Å². The van der Waals surface area contributed by atoms with Crippen molar-refractivity contribution >= 4 is 12.4 Å². The standard InChI is InChI=1S/C10H10O.2C2H6/c11-9-5-4-8-10-6-2-1-3-7-10;2*1-2/h1-4,6-9H,5H2;2*1-2H3/b8-4+;;. The van der Waals surface area contributed by atoms with Crippen LogP contribution in [-0.2, 0) is 4.79 Å². The van der Waals surface area contributed by atoms with Gasteiger partial charge in [0.15, 0.2) is 0 Å². The van der Waals surface area contributed by atoms with Crippen LogP contribution in [0.2, 0.25) is 0 Å². The van der Waals surface area contributed by atoms with Gasteiger partial charge in [0.2, 0.25) is 0 Å². The lowest BCUT2D eigenvalue weighted by atomic mass is 10.2. The van der Waals surface area contributed by atoms with Crippen molar-refractivity contribution < 1.29 is 4.79 Å². The first kappa shape index (κ1) is 16.1. The molecule has 0 aliphatic heterocycles. The van der Waals surface area contributed by atoms with Crippen LogP contribution < -0.4 is 0 Å². The Morgan fingerprint density at radius 2 is 1.53 bits per heavy atom. The molecule has 0 bridgehead atoms. The Balaban J connectivity index is 0. The van der Waals surface area contributed by atoms with Gasteiger partial charge in [0, 0.05) is 6.42 Å². The molecule has 1 rings (SSSR count). The van der Waals surface area contributed by atoms with Crippen molar-refractivity contribution in [2.24, 2.45) is 0 Å². The number of allylic oxidation sites excluding steroid dienone is 1. The molecule has 0 aliphatic carbocycles. The summed E-state index contributed by atoms with van der Waals surface area (Å²) >= 11 is 0. The van der Waals surface area contributed by atoms with Gasteiger partial charge in [-0.3, -0.25) is 0 Å². The maximum Gasteiger partial charge on any atom is 0.123 e. The minimum Gasteiger partial charge on any atom is -0.303 e. The van der Waals surface area contributed by atoms with Crippen LogP contribution in [0.4, 0.5) is 0 Å². The minimum absolute atomic E-state index is 0.495. The van der Waals surface area contributed by atoms with Gasteiger partial charge in [-0.2, -0.15) is 0 Å². The van der Waals surface area contributed by atoms with Crippen LogP contribution in [-0.4, -0.2) is 6.29 Å². The van der Waals surface area contributed by atoms with Gasteiger partial charge in [0.1, 0.15) is 6.29 Å². The minimum atomic E-state index is 0.495. The summed E-state index contributed by atoms with van der Waals surface area (Å²) in [5.74, 6) is 0. The zero-order chi connectivity index (χ0) is 11.9. The van der Waals surface area contributed by atoms with Gasteiger partial charge in [-0.15, -0.1) is 0 Å². The van der Waals surface area contributed by atoms with Crippen LogP contribution in [0, 0.1) is 0 Å². The molecule has 0 radical (unpaired) electrons. The number of rotatable bonds is 3. The van der Waals surface area contributed by atoms with Crippen molar-refractivity contribution in [3.63, 3.8) is 0 Å². The zero-order valence-electron chi connectivity index (χ0n) is 10.2. The van der Waals surface area contributed by atoms with Gasteiger partial charge in [0.05, 0.1) is 0 Å². The second-order valence-corrected chi connectivity index (χ2v) is 2.22. The van der Waals surface area contributed by atoms with Crippen LogP contribution in [0.5, 0.6) is 0 Å². The number of carbonyl (C=O) groups is 1. The predicted octanol–water partition coefficient (Wildman–Crippen LogP) is 4.34. The van der Waals surface area contributed by atoms with Crippen LogP contribution in [0.1, 0.15) is 39.7 Å². The highest BCUT2D eigenvalue weighted by molar-refractivity contribution is 5.57. The van der Waals surface area contributed by atoms with E-state index < -0.39 is 0 Å². The van der Waals surface area contributed by atoms with E-state index in [0.717, 1.165) is 11.8 Å². The number of hydrogen-bond donors (Lipinski definition) is 0. The number of benzene rings is 1. The molecule has 84 valence electrons. The maximum absolute atomic E-state index is 9.94. The Morgan fingerprint density at radius 3 is 2.00 bits per heavy atom. The third-order valence-corrected chi connectivity index (χ3v) is 1.34. The number of carbonyl (C=O) groups excluding carboxylic acids is 1. The van der Waals surface area contributed by atoms with E-state index in [0.29, 0.717) is 6.42 Å². The molecule has 0 fully saturated rings. The summed E-state index contributed by atoms with van der Waals surface area (Å²) in [4.78, 5) is 9.94. The molecule has 0 saturated carbocycles. The summed E-state index contributed by atoms with van der Waals surface area (Å²) in [5.41, 5.74) is 1.13. The highest BCUT2D eigenvalue weighted by Gasteiger charge is 1.80. The molecule has 0 heterocycles. The molecular weight excluding hydrogens is 184 g/mol. The van der Waals surface area contributed by atoms with Crippen molar-refractivity contribution in [3.8, 4) is 0 Å². The fourth-order valence-corrected chi connectivity index (χ4v) is 0.824. The third-order valence-electron chi connectivity index (χ3n) is 1.34. The summed E-state index contributed by atoms with van der Waals surface area (Å²) in [6.45, 7) is 8.00. The Labute approximate surface area is 93.8 Å². The fourth-order valence-electron chi connectivity index (χ4n) is 0.824. The van der Waals surface area contributed by atoms with Gasteiger partial charge in [-0.05, 0) is 5.56 Å². The van der Waals surface area contributed by atoms with Gasteiger partial charge in [-0.1, -0.05) is 70.2 Å². The maximum atomic E-state index is 9.94. The largest absolute Gasteiger partial charge is 0.303 e. The van der Waals surface area contributed by atoms with E-state index in [4.69, 9.17) is 0 Å². The first-order valence-electron chi connectivity index (χ1n) is 5.58. The first-order chi connectivity index (χ1) is 7.43. The van der Waals surface area contributed by atoms with E-state index in [2.05, 4.69) is 0 Å². The molecule has 0 amide bonds. The fraction of sp³-hybridized carbons (Fsp3) is 0.357. The van der Waals surface area contributed by atoms with Crippen molar-refractivity contribution in [3.05, 3.63) is 42.0 Å². The second-order valence-electron chi connectivity index (χ2n) is 2.22. The highest BCUT2D eigenvalue weighted by Crippen LogP contribution is 2.00. The van der Waals surface area contributed by atoms with Crippen molar-refractivity contribution in [2.45, 2.75) is 34.1 Å². The molecule has 0 spiro atoms. The molecule has 1 aromatic rings. The van der Waals surface area contributed by atoms with Crippen LogP contribution in [0.15, 0.2) is 36.4 Å². The summed E-state index contributed by atoms with van der Waals surface area (Å²) in [7, 11) is 0. The molecule has 15 heavy (non-hydrogen) atoms. The van der Waals surface area contributed by atoms with Crippen molar-refractivity contribution in [1.82, 2.24) is 0 Å². The zero-order valence-corrected chi connectivity index (χ0v) is 10.2. The SMILES string of the molecule is CC.CC.O=CC/C=C/c1ccccc1. The van der Waals surface area contributed by atoms with E-state index in [1.165, 1.54) is 0 Å². The summed E-state index contributed by atoms with van der Waals surface area (Å²) in [6, 6.07) is 9.92. The van der Waals surface area contributed by atoms with Gasteiger partial charge in [0.25, 0.3) is 0 Å². The van der Waals surface area contributed by atoms with Gasteiger partial charge >= 0.3 is 0 Å². The normalized spacial score (nSPS) is 8.27. The van der Waals surface area contributed by atoms with Gasteiger partial charge in [-0.25, -0.2) is 0 Å². The lowest BCUT2D eigenvalue weighted by Gasteiger charge is -1.88. The quantitative estimate of drug-likeness (QED) is 0.672. The Bertz CT molecular complexity index is 237. The molecule has 0 unspecified atom stereocenters. The van der Waals surface area contributed by atoms with Crippen LogP contribution in [0.25, 0.3) is 6.08 Å². The van der Waals surface area contributed by atoms with E-state index in [1.807, 2.05) is 70.2 Å². The summed E-state index contributed by atoms with van der Waals surface area (Å²) in [5, 5.41) is 0. The topological polar surface area (TPSA) is 17.1 Å². The molecule has 1 nitrogen and oxygen atoms in total. The van der Waals surface area contributed by atoms with E-state index in [1.54, 1.807) is 0 Å².